The first kappa shape index (κ1) is 18.9. The van der Waals surface area contributed by atoms with E-state index in [0.29, 0.717) is 23.3 Å². The van der Waals surface area contributed by atoms with Gasteiger partial charge in [-0.3, -0.25) is 0 Å². The van der Waals surface area contributed by atoms with E-state index < -0.39 is 0 Å². The Bertz CT molecular complexity index is 924. The smallest absolute Gasteiger partial charge is 0.169 e. The molecule has 2 atom stereocenters. The highest BCUT2D eigenvalue weighted by molar-refractivity contribution is 5.86. The maximum atomic E-state index is 10.1. The molecule has 28 heavy (non-hydrogen) atoms. The van der Waals surface area contributed by atoms with E-state index in [1.807, 2.05) is 6.07 Å². The first-order valence-electron chi connectivity index (χ1n) is 9.57. The maximum Gasteiger partial charge on any atom is 0.169 e. The van der Waals surface area contributed by atoms with Crippen LogP contribution in [0.4, 0.5) is 0 Å². The number of hydrogen-bond donors (Lipinski definition) is 2. The van der Waals surface area contributed by atoms with Crippen LogP contribution in [0.15, 0.2) is 12.1 Å². The van der Waals surface area contributed by atoms with Crippen molar-refractivity contribution in [2.45, 2.75) is 25.5 Å². The fourth-order valence-corrected chi connectivity index (χ4v) is 4.90. The SMILES string of the molecule is COc1cc2c(cc1OC)-c1c(OC)c(OC)c(CO)c3c1[C@H](C2)[NH+](C)CC3. The maximum absolute atomic E-state index is 10.1. The van der Waals surface area contributed by atoms with Crippen LogP contribution in [-0.4, -0.2) is 47.1 Å². The van der Waals surface area contributed by atoms with Crippen LogP contribution >= 0.6 is 0 Å². The normalized spacial score (nSPS) is 19.5. The summed E-state index contributed by atoms with van der Waals surface area (Å²) in [5.74, 6) is 2.73. The second kappa shape index (κ2) is 7.18. The largest absolute Gasteiger partial charge is 0.493 e. The van der Waals surface area contributed by atoms with E-state index in [-0.39, 0.29) is 6.61 Å². The monoisotopic (exact) mass is 386 g/mol. The van der Waals surface area contributed by atoms with Crippen LogP contribution in [0.5, 0.6) is 23.0 Å². The molecule has 0 saturated heterocycles. The Balaban J connectivity index is 2.11. The van der Waals surface area contributed by atoms with Crippen LogP contribution in [0.1, 0.15) is 28.3 Å². The van der Waals surface area contributed by atoms with Gasteiger partial charge in [-0.2, -0.15) is 0 Å². The molecule has 2 aromatic carbocycles. The van der Waals surface area contributed by atoms with Crippen molar-refractivity contribution in [1.29, 1.82) is 0 Å². The molecule has 0 radical (unpaired) electrons. The van der Waals surface area contributed by atoms with Crippen molar-refractivity contribution in [1.82, 2.24) is 0 Å². The first-order valence-corrected chi connectivity index (χ1v) is 9.57. The molecule has 0 fully saturated rings. The lowest BCUT2D eigenvalue weighted by atomic mass is 9.75. The molecule has 2 aliphatic rings. The summed E-state index contributed by atoms with van der Waals surface area (Å²) in [4.78, 5) is 1.46. The molecule has 0 aromatic heterocycles. The number of benzene rings is 2. The van der Waals surface area contributed by atoms with E-state index in [0.717, 1.165) is 41.8 Å². The number of rotatable bonds is 5. The fraction of sp³-hybridized carbons (Fsp3) is 0.455. The molecule has 1 heterocycles. The molecule has 6 nitrogen and oxygen atoms in total. The number of methoxy groups -OCH3 is 4. The van der Waals surface area contributed by atoms with Gasteiger partial charge in [-0.25, -0.2) is 0 Å². The Morgan fingerprint density at radius 3 is 2.29 bits per heavy atom. The van der Waals surface area contributed by atoms with Gasteiger partial charge < -0.3 is 29.0 Å². The molecule has 1 unspecified atom stereocenters. The van der Waals surface area contributed by atoms with Crippen LogP contribution in [0, 0.1) is 0 Å². The lowest BCUT2D eigenvalue weighted by molar-refractivity contribution is -0.914. The van der Waals surface area contributed by atoms with Crippen LogP contribution < -0.4 is 23.8 Å². The third-order valence-electron chi connectivity index (χ3n) is 6.25. The third kappa shape index (κ3) is 2.55. The topological polar surface area (TPSA) is 61.6 Å². The van der Waals surface area contributed by atoms with Gasteiger partial charge in [0.05, 0.1) is 48.6 Å². The summed E-state index contributed by atoms with van der Waals surface area (Å²) in [6.07, 6.45) is 1.81. The molecule has 1 aliphatic heterocycles. The quantitative estimate of drug-likeness (QED) is 0.817. The van der Waals surface area contributed by atoms with Gasteiger partial charge in [0.1, 0.15) is 6.04 Å². The van der Waals surface area contributed by atoms with Crippen molar-refractivity contribution in [2.75, 3.05) is 42.0 Å². The molecule has 0 amide bonds. The Morgan fingerprint density at radius 2 is 1.68 bits per heavy atom. The summed E-state index contributed by atoms with van der Waals surface area (Å²) in [5, 5.41) is 10.1. The Labute approximate surface area is 165 Å². The lowest BCUT2D eigenvalue weighted by Crippen LogP contribution is -3.10. The summed E-state index contributed by atoms with van der Waals surface area (Å²) in [7, 11) is 8.83. The number of fused-ring (bicyclic) bond motifs is 2. The van der Waals surface area contributed by atoms with Gasteiger partial charge in [0.2, 0.25) is 0 Å². The van der Waals surface area contributed by atoms with E-state index in [2.05, 4.69) is 13.1 Å². The van der Waals surface area contributed by atoms with E-state index >= 15 is 0 Å². The van der Waals surface area contributed by atoms with Crippen molar-refractivity contribution in [3.05, 3.63) is 34.4 Å². The summed E-state index contributed by atoms with van der Waals surface area (Å²) in [5.41, 5.74) is 6.66. The molecule has 6 heteroatoms. The molecule has 4 rings (SSSR count). The van der Waals surface area contributed by atoms with Gasteiger partial charge in [-0.15, -0.1) is 0 Å². The van der Waals surface area contributed by atoms with Crippen molar-refractivity contribution in [2.24, 2.45) is 0 Å². The number of aliphatic hydroxyl groups is 1. The number of ether oxygens (including phenoxy) is 4. The number of likely N-dealkylation sites (N-methyl/N-ethyl adjacent to an activating group) is 1. The fourth-order valence-electron chi connectivity index (χ4n) is 4.90. The van der Waals surface area contributed by atoms with Crippen LogP contribution in [0.3, 0.4) is 0 Å². The van der Waals surface area contributed by atoms with Gasteiger partial charge in [0, 0.05) is 29.5 Å². The summed E-state index contributed by atoms with van der Waals surface area (Å²) < 4.78 is 22.7. The predicted octanol–water partition coefficient (Wildman–Crippen LogP) is 1.55. The van der Waals surface area contributed by atoms with E-state index in [9.17, 15) is 5.11 Å². The highest BCUT2D eigenvalue weighted by atomic mass is 16.5. The minimum atomic E-state index is -0.0628. The Hall–Kier alpha value is -2.44. The Morgan fingerprint density at radius 1 is 1.00 bits per heavy atom. The number of hydrogen-bond acceptors (Lipinski definition) is 5. The molecule has 2 N–H and O–H groups in total. The lowest BCUT2D eigenvalue weighted by Gasteiger charge is -2.39. The molecule has 0 saturated carbocycles. The highest BCUT2D eigenvalue weighted by Crippen LogP contribution is 2.53. The van der Waals surface area contributed by atoms with Gasteiger partial charge in [-0.05, 0) is 28.8 Å². The standard InChI is InChI=1S/C22H27NO5/c1-23-7-6-13-15(11-24)21(27-4)22(28-5)20-14-10-18(26-3)17(25-2)9-12(14)8-16(23)19(13)20/h9-10,16,24H,6-8,11H2,1-5H3/p+1/t16-/m0/s1. The zero-order valence-corrected chi connectivity index (χ0v) is 17.1. The molecule has 1 aliphatic carbocycles. The van der Waals surface area contributed by atoms with Crippen LogP contribution in [0.2, 0.25) is 0 Å². The average molecular weight is 386 g/mol. The van der Waals surface area contributed by atoms with Gasteiger partial charge >= 0.3 is 0 Å². The molecule has 0 bridgehead atoms. The zero-order chi connectivity index (χ0) is 20.0. The number of quaternary nitrogens is 1. The van der Waals surface area contributed by atoms with Crippen LogP contribution in [-0.2, 0) is 19.4 Å². The van der Waals surface area contributed by atoms with Crippen molar-refractivity contribution in [3.63, 3.8) is 0 Å². The van der Waals surface area contributed by atoms with E-state index in [1.54, 1.807) is 28.4 Å². The molecular weight excluding hydrogens is 358 g/mol. The highest BCUT2D eigenvalue weighted by Gasteiger charge is 2.41. The predicted molar refractivity (Wildman–Crippen MR) is 106 cm³/mol. The van der Waals surface area contributed by atoms with Gasteiger partial charge in [0.15, 0.2) is 23.0 Å². The average Bonchev–Trinajstić information content (AvgIpc) is 2.73. The first-order chi connectivity index (χ1) is 13.6. The molecular formula is C22H28NO5+. The summed E-state index contributed by atoms with van der Waals surface area (Å²) >= 11 is 0. The van der Waals surface area contributed by atoms with Crippen molar-refractivity contribution < 1.29 is 29.0 Å². The molecule has 0 spiro atoms. The van der Waals surface area contributed by atoms with Gasteiger partial charge in [0.25, 0.3) is 0 Å². The van der Waals surface area contributed by atoms with Crippen LogP contribution in [0.25, 0.3) is 11.1 Å². The molecule has 150 valence electrons. The molecule has 2 aromatic rings. The van der Waals surface area contributed by atoms with Crippen molar-refractivity contribution in [3.8, 4) is 34.1 Å². The minimum absolute atomic E-state index is 0.0628. The number of nitrogens with one attached hydrogen (secondary N) is 1. The van der Waals surface area contributed by atoms with Gasteiger partial charge in [-0.1, -0.05) is 0 Å². The summed E-state index contributed by atoms with van der Waals surface area (Å²) in [6, 6.07) is 4.41. The summed E-state index contributed by atoms with van der Waals surface area (Å²) in [6.45, 7) is 0.953. The number of aliphatic hydroxyl groups excluding tert-OH is 1. The van der Waals surface area contributed by atoms with Crippen molar-refractivity contribution >= 4 is 0 Å². The van der Waals surface area contributed by atoms with E-state index in [1.165, 1.54) is 21.6 Å². The van der Waals surface area contributed by atoms with E-state index in [4.69, 9.17) is 18.9 Å². The third-order valence-corrected chi connectivity index (χ3v) is 6.25. The second-order valence-electron chi connectivity index (χ2n) is 7.44. The minimum Gasteiger partial charge on any atom is -0.493 e. The zero-order valence-electron chi connectivity index (χ0n) is 17.1. The Kier molecular flexibility index (Phi) is 4.85. The second-order valence-corrected chi connectivity index (χ2v) is 7.44.